The molecule has 8 heteroatoms. The van der Waals surface area contributed by atoms with Crippen LogP contribution in [0.3, 0.4) is 0 Å². The molecule has 2 rings (SSSR count). The molecule has 0 bridgehead atoms. The van der Waals surface area contributed by atoms with Gasteiger partial charge in [-0.25, -0.2) is 19.6 Å². The van der Waals surface area contributed by atoms with Gasteiger partial charge in [0.15, 0.2) is 5.57 Å². The van der Waals surface area contributed by atoms with Crippen molar-refractivity contribution < 1.29 is 19.1 Å². The second-order valence-corrected chi connectivity index (χ2v) is 4.96. The monoisotopic (exact) mass is 349 g/mol. The lowest BCUT2D eigenvalue weighted by molar-refractivity contribution is -0.146. The third-order valence-electron chi connectivity index (χ3n) is 2.94. The summed E-state index contributed by atoms with van der Waals surface area (Å²) in [5, 5.41) is 3.98. The standard InChI is InChI=1S/C16H16ClN3O4/c1-3-23-15(21)12(16(22)24-4-2)8-18-14-11-7-10(17)5-6-13(11)19-9-20-14/h5-9H,3-4H2,1-2H3,(H,18,19,20). The SMILES string of the molecule is CCOC(=O)C(=CNc1ncnc2ccc(Cl)cc12)C(=O)OCC. The van der Waals surface area contributed by atoms with Crippen molar-refractivity contribution in [1.29, 1.82) is 0 Å². The Bertz CT molecular complexity index is 772. The fraction of sp³-hybridized carbons (Fsp3) is 0.250. The maximum Gasteiger partial charge on any atom is 0.347 e. The van der Waals surface area contributed by atoms with Gasteiger partial charge in [0.2, 0.25) is 0 Å². The van der Waals surface area contributed by atoms with E-state index in [-0.39, 0.29) is 18.8 Å². The molecule has 0 spiro atoms. The quantitative estimate of drug-likeness (QED) is 0.371. The van der Waals surface area contributed by atoms with E-state index >= 15 is 0 Å². The van der Waals surface area contributed by atoms with E-state index in [2.05, 4.69) is 15.3 Å². The number of halogens is 1. The second kappa shape index (κ2) is 8.26. The number of hydrogen-bond donors (Lipinski definition) is 1. The average molecular weight is 350 g/mol. The number of nitrogens with one attached hydrogen (secondary N) is 1. The summed E-state index contributed by atoms with van der Waals surface area (Å²) in [4.78, 5) is 32.1. The van der Waals surface area contributed by atoms with Crippen molar-refractivity contribution >= 4 is 40.3 Å². The number of nitrogens with zero attached hydrogens (tertiary/aromatic N) is 2. The molecule has 24 heavy (non-hydrogen) atoms. The van der Waals surface area contributed by atoms with Gasteiger partial charge in [-0.1, -0.05) is 11.6 Å². The van der Waals surface area contributed by atoms with Crippen LogP contribution < -0.4 is 5.32 Å². The molecule has 0 saturated heterocycles. The van der Waals surface area contributed by atoms with E-state index in [0.717, 1.165) is 0 Å². The van der Waals surface area contributed by atoms with Gasteiger partial charge in [-0.3, -0.25) is 0 Å². The van der Waals surface area contributed by atoms with E-state index in [9.17, 15) is 9.59 Å². The molecule has 1 N–H and O–H groups in total. The number of ether oxygens (including phenoxy) is 2. The summed E-state index contributed by atoms with van der Waals surface area (Å²) < 4.78 is 9.73. The lowest BCUT2D eigenvalue weighted by atomic mass is 10.2. The Morgan fingerprint density at radius 1 is 1.17 bits per heavy atom. The molecule has 0 aliphatic carbocycles. The summed E-state index contributed by atoms with van der Waals surface area (Å²) in [6, 6.07) is 5.13. The zero-order valence-corrected chi connectivity index (χ0v) is 14.0. The van der Waals surface area contributed by atoms with Crippen LogP contribution in [0.25, 0.3) is 10.9 Å². The minimum atomic E-state index is -0.778. The molecule has 0 fully saturated rings. The highest BCUT2D eigenvalue weighted by Gasteiger charge is 2.21. The zero-order valence-electron chi connectivity index (χ0n) is 13.2. The Morgan fingerprint density at radius 3 is 2.46 bits per heavy atom. The van der Waals surface area contributed by atoms with Crippen LogP contribution in [0.1, 0.15) is 13.8 Å². The van der Waals surface area contributed by atoms with Gasteiger partial charge in [-0.15, -0.1) is 0 Å². The lowest BCUT2D eigenvalue weighted by Gasteiger charge is -2.08. The van der Waals surface area contributed by atoms with Crippen molar-refractivity contribution in [3.05, 3.63) is 41.3 Å². The van der Waals surface area contributed by atoms with Crippen molar-refractivity contribution in [3.8, 4) is 0 Å². The van der Waals surface area contributed by atoms with Crippen molar-refractivity contribution in [2.45, 2.75) is 13.8 Å². The third-order valence-corrected chi connectivity index (χ3v) is 3.18. The molecule has 1 heterocycles. The topological polar surface area (TPSA) is 90.4 Å². The molecule has 0 atom stereocenters. The normalized spacial score (nSPS) is 10.1. The zero-order chi connectivity index (χ0) is 17.5. The number of aromatic nitrogens is 2. The Labute approximate surface area is 143 Å². The summed E-state index contributed by atoms with van der Waals surface area (Å²) in [6.07, 6.45) is 2.57. The molecule has 0 amide bonds. The molecule has 126 valence electrons. The van der Waals surface area contributed by atoms with Gasteiger partial charge in [0.1, 0.15) is 12.1 Å². The van der Waals surface area contributed by atoms with E-state index in [1.807, 2.05) is 0 Å². The van der Waals surface area contributed by atoms with Crippen LogP contribution in [-0.4, -0.2) is 35.1 Å². The summed E-state index contributed by atoms with van der Waals surface area (Å²) in [6.45, 7) is 3.57. The Kier molecular flexibility index (Phi) is 6.08. The van der Waals surface area contributed by atoms with E-state index < -0.39 is 11.9 Å². The van der Waals surface area contributed by atoms with Crippen molar-refractivity contribution in [2.24, 2.45) is 0 Å². The predicted molar refractivity (Wildman–Crippen MR) is 89.5 cm³/mol. The number of carbonyl (C=O) groups is 2. The Hall–Kier alpha value is -2.67. The van der Waals surface area contributed by atoms with E-state index in [4.69, 9.17) is 21.1 Å². The molecule has 2 aromatic rings. The molecule has 1 aromatic carbocycles. The van der Waals surface area contributed by atoms with Crippen molar-refractivity contribution in [2.75, 3.05) is 18.5 Å². The second-order valence-electron chi connectivity index (χ2n) is 4.53. The highest BCUT2D eigenvalue weighted by molar-refractivity contribution is 6.31. The first-order valence-corrected chi connectivity index (χ1v) is 7.65. The van der Waals surface area contributed by atoms with Crippen molar-refractivity contribution in [1.82, 2.24) is 9.97 Å². The molecular formula is C16H16ClN3O4. The smallest absolute Gasteiger partial charge is 0.347 e. The van der Waals surface area contributed by atoms with Gasteiger partial charge >= 0.3 is 11.9 Å². The summed E-state index contributed by atoms with van der Waals surface area (Å²) >= 11 is 5.99. The summed E-state index contributed by atoms with van der Waals surface area (Å²) in [7, 11) is 0. The van der Waals surface area contributed by atoms with Gasteiger partial charge in [-0.2, -0.15) is 0 Å². The number of esters is 2. The number of hydrogen-bond acceptors (Lipinski definition) is 7. The molecule has 0 unspecified atom stereocenters. The van der Waals surface area contributed by atoms with Crippen molar-refractivity contribution in [3.63, 3.8) is 0 Å². The minimum absolute atomic E-state index is 0.140. The first-order valence-electron chi connectivity index (χ1n) is 7.28. The number of benzene rings is 1. The van der Waals surface area contributed by atoms with Crippen LogP contribution in [0.5, 0.6) is 0 Å². The Morgan fingerprint density at radius 2 is 1.83 bits per heavy atom. The predicted octanol–water partition coefficient (Wildman–Crippen LogP) is 2.71. The summed E-state index contributed by atoms with van der Waals surface area (Å²) in [5.74, 6) is -1.16. The number of carbonyl (C=O) groups excluding carboxylic acids is 2. The molecule has 1 aromatic heterocycles. The highest BCUT2D eigenvalue weighted by Crippen LogP contribution is 2.23. The van der Waals surface area contributed by atoms with Gasteiger partial charge in [0.25, 0.3) is 0 Å². The molecule has 0 saturated carbocycles. The van der Waals surface area contributed by atoms with Crippen LogP contribution >= 0.6 is 11.6 Å². The molecule has 0 aliphatic heterocycles. The first kappa shape index (κ1) is 17.7. The van der Waals surface area contributed by atoms with Gasteiger partial charge in [0.05, 0.1) is 18.7 Å². The van der Waals surface area contributed by atoms with Crippen LogP contribution in [0.15, 0.2) is 36.3 Å². The van der Waals surface area contributed by atoms with E-state index in [1.54, 1.807) is 32.0 Å². The fourth-order valence-electron chi connectivity index (χ4n) is 1.90. The van der Waals surface area contributed by atoms with Gasteiger partial charge in [-0.05, 0) is 32.0 Å². The maximum absolute atomic E-state index is 11.9. The Balaban J connectivity index is 2.36. The van der Waals surface area contributed by atoms with E-state index in [0.29, 0.717) is 21.7 Å². The number of rotatable bonds is 6. The highest BCUT2D eigenvalue weighted by atomic mass is 35.5. The largest absolute Gasteiger partial charge is 0.462 e. The third kappa shape index (κ3) is 4.20. The van der Waals surface area contributed by atoms with Crippen LogP contribution in [0, 0.1) is 0 Å². The molecule has 0 radical (unpaired) electrons. The molecule has 0 aliphatic rings. The summed E-state index contributed by atoms with van der Waals surface area (Å²) in [5.41, 5.74) is 0.409. The maximum atomic E-state index is 11.9. The molecule has 7 nitrogen and oxygen atoms in total. The van der Waals surface area contributed by atoms with Crippen LogP contribution in [-0.2, 0) is 19.1 Å². The van der Waals surface area contributed by atoms with Crippen LogP contribution in [0.2, 0.25) is 5.02 Å². The van der Waals surface area contributed by atoms with Gasteiger partial charge < -0.3 is 14.8 Å². The number of fused-ring (bicyclic) bond motifs is 1. The van der Waals surface area contributed by atoms with Crippen LogP contribution in [0.4, 0.5) is 5.82 Å². The van der Waals surface area contributed by atoms with E-state index in [1.165, 1.54) is 12.5 Å². The minimum Gasteiger partial charge on any atom is -0.462 e. The van der Waals surface area contributed by atoms with Gasteiger partial charge in [0, 0.05) is 16.6 Å². The molecular weight excluding hydrogens is 334 g/mol. The average Bonchev–Trinajstić information content (AvgIpc) is 2.56. The fourth-order valence-corrected chi connectivity index (χ4v) is 2.08. The number of anilines is 1. The lowest BCUT2D eigenvalue weighted by Crippen LogP contribution is -2.19. The first-order chi connectivity index (χ1) is 11.6.